The van der Waals surface area contributed by atoms with Crippen LogP contribution in [0.25, 0.3) is 44.3 Å². The number of amides is 4. The number of nitrogens with zero attached hydrogens (tertiary/aromatic N) is 4. The summed E-state index contributed by atoms with van der Waals surface area (Å²) in [5.74, 6) is 1.46. The zero-order valence-corrected chi connectivity index (χ0v) is 35.9. The minimum atomic E-state index is -1.20. The van der Waals surface area contributed by atoms with Crippen molar-refractivity contribution in [3.05, 3.63) is 72.3 Å². The van der Waals surface area contributed by atoms with Crippen LogP contribution >= 0.6 is 0 Å². The monoisotopic (exact) mass is 842 g/mol. The normalized spacial score (nSPS) is 24.6. The Hall–Kier alpha value is -5.92. The van der Waals surface area contributed by atoms with Gasteiger partial charge in [0, 0.05) is 12.1 Å². The van der Waals surface area contributed by atoms with E-state index in [2.05, 4.69) is 69.1 Å². The molecule has 3 aromatic carbocycles. The number of carbonyl (C=O) groups is 4. The summed E-state index contributed by atoms with van der Waals surface area (Å²) in [6.07, 6.45) is 7.53. The fraction of sp³-hybridized carbons (Fsp3) is 0.500. The first-order valence-corrected chi connectivity index (χ1v) is 22.6. The second-order valence-electron chi connectivity index (χ2n) is 18.8. The number of nitrogens with one attached hydrogen (secondary N) is 4. The Labute approximate surface area is 361 Å². The maximum absolute atomic E-state index is 14.1. The second kappa shape index (κ2) is 16.7. The summed E-state index contributed by atoms with van der Waals surface area (Å²) in [5, 5.41) is 24.1. The molecular weight excluding hydrogens is 785 g/mol. The van der Waals surface area contributed by atoms with Crippen LogP contribution in [0.3, 0.4) is 0 Å². The van der Waals surface area contributed by atoms with Gasteiger partial charge in [-0.2, -0.15) is 0 Å². The maximum Gasteiger partial charge on any atom is 0.405 e. The minimum absolute atomic E-state index is 0.0705. The van der Waals surface area contributed by atoms with Crippen molar-refractivity contribution in [3.8, 4) is 22.3 Å². The fourth-order valence-electron chi connectivity index (χ4n) is 11.2. The van der Waals surface area contributed by atoms with Crippen molar-refractivity contribution in [1.29, 1.82) is 0 Å². The van der Waals surface area contributed by atoms with Crippen LogP contribution in [0.5, 0.6) is 0 Å². The van der Waals surface area contributed by atoms with Gasteiger partial charge in [0.05, 0.1) is 34.2 Å². The van der Waals surface area contributed by atoms with Crippen LogP contribution in [0.2, 0.25) is 0 Å². The first kappa shape index (κ1) is 41.4. The topological polar surface area (TPSA) is 197 Å². The van der Waals surface area contributed by atoms with Gasteiger partial charge in [-0.05, 0) is 109 Å². The number of imidazole rings is 2. The molecule has 14 nitrogen and oxygen atoms in total. The lowest BCUT2D eigenvalue weighted by Crippen LogP contribution is -2.53. The molecule has 2 aromatic heterocycles. The van der Waals surface area contributed by atoms with E-state index in [0.717, 1.165) is 120 Å². The van der Waals surface area contributed by atoms with Gasteiger partial charge in [-0.25, -0.2) is 19.6 Å². The Balaban J connectivity index is 0.950. The molecule has 4 aliphatic rings. The molecule has 2 aliphatic carbocycles. The third kappa shape index (κ3) is 7.77. The molecule has 4 heterocycles. The summed E-state index contributed by atoms with van der Waals surface area (Å²) in [6.45, 7) is 7.50. The van der Waals surface area contributed by atoms with E-state index in [1.165, 1.54) is 0 Å². The molecule has 0 bridgehead atoms. The van der Waals surface area contributed by atoms with E-state index < -0.39 is 24.3 Å². The highest BCUT2D eigenvalue weighted by Crippen LogP contribution is 2.48. The van der Waals surface area contributed by atoms with Crippen molar-refractivity contribution in [2.75, 3.05) is 0 Å². The molecule has 0 spiro atoms. The molecule has 4 amide bonds. The Morgan fingerprint density at radius 1 is 0.581 bits per heavy atom. The molecule has 0 radical (unpaired) electrons. The number of hydrogen-bond acceptors (Lipinski definition) is 6. The fourth-order valence-corrected chi connectivity index (χ4v) is 11.2. The maximum atomic E-state index is 14.1. The van der Waals surface area contributed by atoms with E-state index in [0.29, 0.717) is 11.8 Å². The van der Waals surface area contributed by atoms with Crippen LogP contribution in [-0.4, -0.2) is 88.1 Å². The molecule has 2 aliphatic heterocycles. The van der Waals surface area contributed by atoms with Gasteiger partial charge in [0.15, 0.2) is 0 Å². The quantitative estimate of drug-likeness (QED) is 0.0801. The summed E-state index contributed by atoms with van der Waals surface area (Å²) >= 11 is 0. The molecule has 8 atom stereocenters. The van der Waals surface area contributed by atoms with Gasteiger partial charge in [-0.3, -0.25) is 9.59 Å². The largest absolute Gasteiger partial charge is 0.465 e. The number of hydrogen-bond donors (Lipinski definition) is 6. The number of aromatic nitrogens is 4. The van der Waals surface area contributed by atoms with Gasteiger partial charge in [0.1, 0.15) is 23.7 Å². The summed E-state index contributed by atoms with van der Waals surface area (Å²) in [4.78, 5) is 72.8. The standard InChI is InChI=1S/C48H58N8O6/c1-25(2)41(53-47(59)60)45(57)55-37-11-7-5-9-31(37)23-39(55)43-49-33-19-17-29(21-35(33)51-43)27-13-15-28(16-14-27)30-18-20-34-36(22-30)52-44(50-34)40-24-32-10-6-8-12-38(32)56(40)46(58)42(26(3)4)54-48(61)62/h13-22,25-26,31-32,37-42,53-54H,5-12,23-24H2,1-4H3,(H,49,51)(H,50,52)(H,59,60)(H,61,62)/t31-,32-,37-,38-,39-,40-,41-,42-/m0/s1. The molecule has 2 saturated carbocycles. The molecule has 0 unspecified atom stereocenters. The number of fused-ring (bicyclic) bond motifs is 4. The number of H-pyrrole nitrogens is 2. The molecule has 14 heteroatoms. The Morgan fingerprint density at radius 3 is 1.32 bits per heavy atom. The lowest BCUT2D eigenvalue weighted by Gasteiger charge is -2.36. The first-order valence-electron chi connectivity index (χ1n) is 22.6. The highest BCUT2D eigenvalue weighted by Gasteiger charge is 2.50. The van der Waals surface area contributed by atoms with Crippen molar-refractivity contribution >= 4 is 46.1 Å². The van der Waals surface area contributed by atoms with Crippen LogP contribution in [0, 0.1) is 23.7 Å². The van der Waals surface area contributed by atoms with E-state index in [-0.39, 0.29) is 47.8 Å². The lowest BCUT2D eigenvalue weighted by molar-refractivity contribution is -0.139. The van der Waals surface area contributed by atoms with Crippen molar-refractivity contribution in [2.24, 2.45) is 23.7 Å². The molecule has 2 saturated heterocycles. The smallest absolute Gasteiger partial charge is 0.405 e. The average molecular weight is 843 g/mol. The molecule has 4 fully saturated rings. The first-order chi connectivity index (χ1) is 29.8. The SMILES string of the molecule is CC(C)[C@H](NC(=O)O)C(=O)N1[C@H](c2nc3cc(-c4ccc(-c5ccc6[nH]c([C@@H]7C[C@@H]8CCCC[C@@H]8N7C(=O)[C@@H](NC(=O)O)C(C)C)nc6c5)cc4)ccc3[nH]2)C[C@@H]2CCCC[C@@H]21. The predicted octanol–water partition coefficient (Wildman–Crippen LogP) is 9.02. The van der Waals surface area contributed by atoms with Crippen molar-refractivity contribution in [3.63, 3.8) is 0 Å². The Morgan fingerprint density at radius 2 is 0.952 bits per heavy atom. The Bertz CT molecular complexity index is 2320. The molecular formula is C48H58N8O6. The summed E-state index contributed by atoms with van der Waals surface area (Å²) in [7, 11) is 0. The number of likely N-dealkylation sites (tertiary alicyclic amines) is 2. The number of carbonyl (C=O) groups excluding carboxylic acids is 2. The van der Waals surface area contributed by atoms with Crippen molar-refractivity contribution in [2.45, 2.75) is 128 Å². The number of rotatable bonds is 10. The van der Waals surface area contributed by atoms with E-state index in [4.69, 9.17) is 9.97 Å². The van der Waals surface area contributed by atoms with E-state index in [9.17, 15) is 29.4 Å². The van der Waals surface area contributed by atoms with Gasteiger partial charge in [0.25, 0.3) is 0 Å². The van der Waals surface area contributed by atoms with Crippen LogP contribution < -0.4 is 10.6 Å². The highest BCUT2D eigenvalue weighted by molar-refractivity contribution is 5.89. The number of carboxylic acid groups (broad SMARTS) is 2. The van der Waals surface area contributed by atoms with Crippen LogP contribution in [0.4, 0.5) is 9.59 Å². The molecule has 9 rings (SSSR count). The van der Waals surface area contributed by atoms with E-state index in [1.807, 2.05) is 49.6 Å². The minimum Gasteiger partial charge on any atom is -0.465 e. The van der Waals surface area contributed by atoms with E-state index in [1.54, 1.807) is 0 Å². The van der Waals surface area contributed by atoms with Gasteiger partial charge in [0.2, 0.25) is 11.8 Å². The summed E-state index contributed by atoms with van der Waals surface area (Å²) in [5.41, 5.74) is 7.51. The zero-order chi connectivity index (χ0) is 43.4. The number of aromatic amines is 2. The third-order valence-electron chi connectivity index (χ3n) is 14.3. The van der Waals surface area contributed by atoms with Gasteiger partial charge in [-0.15, -0.1) is 0 Å². The van der Waals surface area contributed by atoms with Crippen LogP contribution in [0.1, 0.15) is 116 Å². The van der Waals surface area contributed by atoms with Crippen LogP contribution in [0.15, 0.2) is 60.7 Å². The average Bonchev–Trinajstić information content (AvgIpc) is 4.05. The third-order valence-corrected chi connectivity index (χ3v) is 14.3. The summed E-state index contributed by atoms with van der Waals surface area (Å²) in [6, 6.07) is 18.8. The van der Waals surface area contributed by atoms with Crippen LogP contribution in [-0.2, 0) is 9.59 Å². The predicted molar refractivity (Wildman–Crippen MR) is 236 cm³/mol. The zero-order valence-electron chi connectivity index (χ0n) is 35.9. The highest BCUT2D eigenvalue weighted by atomic mass is 16.4. The molecule has 62 heavy (non-hydrogen) atoms. The Kier molecular flexibility index (Phi) is 11.2. The molecule has 5 aromatic rings. The van der Waals surface area contributed by atoms with E-state index >= 15 is 0 Å². The molecule has 326 valence electrons. The number of benzene rings is 3. The van der Waals surface area contributed by atoms with Gasteiger partial charge in [-0.1, -0.05) is 89.8 Å². The van der Waals surface area contributed by atoms with Gasteiger partial charge >= 0.3 is 12.2 Å². The molecule has 6 N–H and O–H groups in total. The van der Waals surface area contributed by atoms with Crippen molar-refractivity contribution < 1.29 is 29.4 Å². The summed E-state index contributed by atoms with van der Waals surface area (Å²) < 4.78 is 0. The second-order valence-corrected chi connectivity index (χ2v) is 18.8. The van der Waals surface area contributed by atoms with Gasteiger partial charge < -0.3 is 40.6 Å². The van der Waals surface area contributed by atoms with Crippen molar-refractivity contribution in [1.82, 2.24) is 40.4 Å². The lowest BCUT2D eigenvalue weighted by atomic mass is 9.84.